The average Bonchev–Trinajstić information content (AvgIpc) is 4.07. The number of rotatable bonds is 16. The summed E-state index contributed by atoms with van der Waals surface area (Å²) >= 11 is 0. The first-order valence-corrected chi connectivity index (χ1v) is 23.6. The number of hydrogen-bond acceptors (Lipinski definition) is 6. The van der Waals surface area contributed by atoms with Crippen LogP contribution in [0.5, 0.6) is 23.0 Å². The molecule has 3 aromatic heterocycles. The predicted molar refractivity (Wildman–Crippen MR) is 265 cm³/mol. The van der Waals surface area contributed by atoms with E-state index in [0.717, 1.165) is 137 Å². The lowest BCUT2D eigenvalue weighted by molar-refractivity contribution is 0.257. The van der Waals surface area contributed by atoms with Crippen LogP contribution in [0.25, 0.3) is 88.6 Å². The van der Waals surface area contributed by atoms with Gasteiger partial charge in [0.05, 0.1) is 71.4 Å². The molecule has 8 bridgehead atoms. The minimum absolute atomic E-state index is 0.406. The molecule has 0 fully saturated rings. The minimum Gasteiger partial charge on any atom is -0.493 e. The average molecular weight is 855 g/mol. The smallest absolute Gasteiger partial charge is 0.129 e. The summed E-state index contributed by atoms with van der Waals surface area (Å²) in [4.78, 5) is 18.7. The van der Waals surface area contributed by atoms with Crippen LogP contribution in [0.3, 0.4) is 0 Å². The van der Waals surface area contributed by atoms with E-state index in [1.807, 2.05) is 0 Å². The van der Waals surface area contributed by atoms with Crippen LogP contribution >= 0.6 is 0 Å². The van der Waals surface area contributed by atoms with Gasteiger partial charge in [-0.1, -0.05) is 130 Å². The van der Waals surface area contributed by atoms with Gasteiger partial charge in [-0.25, -0.2) is 9.97 Å². The van der Waals surface area contributed by atoms with Crippen molar-refractivity contribution in [1.82, 2.24) is 19.9 Å². The van der Waals surface area contributed by atoms with Crippen LogP contribution in [0.15, 0.2) is 97.1 Å². The Morgan fingerprint density at radius 3 is 1.11 bits per heavy atom. The molecular weight excluding hydrogens is 793 g/mol. The number of nitrogens with one attached hydrogen (secondary N) is 2. The van der Waals surface area contributed by atoms with E-state index in [1.165, 1.54) is 0 Å². The fourth-order valence-electron chi connectivity index (χ4n) is 8.43. The molecule has 64 heavy (non-hydrogen) atoms. The third-order valence-electron chi connectivity index (χ3n) is 13.3. The number of ether oxygens (including phenoxy) is 4. The van der Waals surface area contributed by atoms with Crippen LogP contribution in [0.1, 0.15) is 81.1 Å². The molecular formula is C56H62N4O4. The zero-order valence-electron chi connectivity index (χ0n) is 38.7. The molecule has 7 aromatic rings. The molecule has 0 radical (unpaired) electrons. The summed E-state index contributed by atoms with van der Waals surface area (Å²) in [6, 6.07) is 34.0. The highest BCUT2D eigenvalue weighted by Crippen LogP contribution is 2.47. The van der Waals surface area contributed by atoms with Gasteiger partial charge in [-0.05, 0) is 72.2 Å². The maximum absolute atomic E-state index is 6.66. The van der Waals surface area contributed by atoms with Gasteiger partial charge in [-0.15, -0.1) is 0 Å². The second-order valence-electron chi connectivity index (χ2n) is 18.3. The second-order valence-corrected chi connectivity index (χ2v) is 18.3. The summed E-state index contributed by atoms with van der Waals surface area (Å²) in [5.41, 5.74) is 11.0. The number of benzene rings is 4. The fraction of sp³-hybridized carbons (Fsp3) is 0.357. The van der Waals surface area contributed by atoms with E-state index in [2.05, 4.69) is 162 Å². The van der Waals surface area contributed by atoms with Gasteiger partial charge in [-0.3, -0.25) is 0 Å². The number of aromatic nitrogens is 4. The van der Waals surface area contributed by atoms with Crippen LogP contribution in [-0.4, -0.2) is 46.4 Å². The van der Waals surface area contributed by atoms with E-state index in [-0.39, 0.29) is 0 Å². The molecule has 0 spiro atoms. The number of aromatic amines is 2. The Labute approximate surface area is 377 Å². The molecule has 5 heterocycles. The molecule has 0 saturated carbocycles. The molecule has 0 amide bonds. The fourth-order valence-corrected chi connectivity index (χ4v) is 8.43. The molecule has 2 aliphatic rings. The maximum atomic E-state index is 6.66. The van der Waals surface area contributed by atoms with E-state index < -0.39 is 0 Å². The Morgan fingerprint density at radius 2 is 0.734 bits per heavy atom. The molecule has 4 atom stereocenters. The summed E-state index contributed by atoms with van der Waals surface area (Å²) in [5.74, 6) is 4.94. The Balaban J connectivity index is 1.40. The zero-order chi connectivity index (χ0) is 44.5. The Hall–Kier alpha value is -6.28. The van der Waals surface area contributed by atoms with Crippen LogP contribution in [0, 0.1) is 23.7 Å². The van der Waals surface area contributed by atoms with Crippen molar-refractivity contribution in [2.24, 2.45) is 23.7 Å². The lowest BCUT2D eigenvalue weighted by Crippen LogP contribution is -2.07. The largest absolute Gasteiger partial charge is 0.493 e. The van der Waals surface area contributed by atoms with E-state index in [9.17, 15) is 0 Å². The van der Waals surface area contributed by atoms with E-state index in [0.29, 0.717) is 50.1 Å². The van der Waals surface area contributed by atoms with Crippen LogP contribution < -0.4 is 18.9 Å². The molecule has 4 unspecified atom stereocenters. The van der Waals surface area contributed by atoms with Gasteiger partial charge in [0.15, 0.2) is 0 Å². The Morgan fingerprint density at radius 1 is 0.406 bits per heavy atom. The summed E-state index contributed by atoms with van der Waals surface area (Å²) in [5, 5.41) is 4.10. The molecule has 8 heteroatoms. The van der Waals surface area contributed by atoms with Crippen molar-refractivity contribution in [3.63, 3.8) is 0 Å². The first kappa shape index (κ1) is 43.0. The Kier molecular flexibility index (Phi) is 12.4. The van der Waals surface area contributed by atoms with E-state index >= 15 is 0 Å². The SMILES string of the molecule is CCC(C)COc1cccc2c1-c1cc3[nH]c(cc4nc(cc5[nH]c(cc-2n1)c1c(OCC(C)CC)cccc51)-c1c(OCC(C)CC)cccc1-4)c1c(OCC(C)CC)cccc31. The van der Waals surface area contributed by atoms with Gasteiger partial charge in [0.25, 0.3) is 0 Å². The highest BCUT2D eigenvalue weighted by Gasteiger charge is 2.25. The lowest BCUT2D eigenvalue weighted by atomic mass is 10.0. The molecule has 2 aliphatic heterocycles. The second kappa shape index (κ2) is 18.4. The molecule has 0 aliphatic carbocycles. The van der Waals surface area contributed by atoms with Gasteiger partial charge in [0.1, 0.15) is 23.0 Å². The maximum Gasteiger partial charge on any atom is 0.129 e. The summed E-state index contributed by atoms with van der Waals surface area (Å²) in [6.45, 7) is 20.2. The van der Waals surface area contributed by atoms with Crippen molar-refractivity contribution in [3.8, 4) is 68.0 Å². The monoisotopic (exact) mass is 854 g/mol. The van der Waals surface area contributed by atoms with Crippen molar-refractivity contribution >= 4 is 43.6 Å². The van der Waals surface area contributed by atoms with E-state index in [4.69, 9.17) is 28.9 Å². The third-order valence-corrected chi connectivity index (χ3v) is 13.3. The number of fused-ring (bicyclic) bond motifs is 20. The number of hydrogen-bond donors (Lipinski definition) is 2. The standard InChI is InChI=1S/C56H62N4O4/c1-9-33(5)29-61-49-21-13-17-37-41-26-46-55-39(19-15-23-51(55)63-31-35(7)11-3)43(59-46)28-48-56-40(20-16-24-52(56)64-32-36(8)12-4)44(60-48)27-47-54-38(42(58-47)25-45(57-41)53(37)49)18-14-22-50(54)62-30-34(6)10-2/h13-28,33-36,57,60H,9-12,29-32H2,1-8H3. The molecule has 2 N–H and O–H groups in total. The predicted octanol–water partition coefficient (Wildman–Crippen LogP) is 15.0. The van der Waals surface area contributed by atoms with Crippen LogP contribution in [0.4, 0.5) is 0 Å². The highest BCUT2D eigenvalue weighted by atomic mass is 16.5. The summed E-state index contributed by atoms with van der Waals surface area (Å²) < 4.78 is 26.6. The van der Waals surface area contributed by atoms with Crippen molar-refractivity contribution < 1.29 is 18.9 Å². The van der Waals surface area contributed by atoms with Crippen LogP contribution in [-0.2, 0) is 0 Å². The van der Waals surface area contributed by atoms with Gasteiger partial charge in [-0.2, -0.15) is 0 Å². The zero-order valence-corrected chi connectivity index (χ0v) is 38.7. The van der Waals surface area contributed by atoms with Crippen molar-refractivity contribution in [2.45, 2.75) is 81.1 Å². The first-order chi connectivity index (χ1) is 31.2. The summed E-state index contributed by atoms with van der Waals surface area (Å²) in [6.07, 6.45) is 4.13. The van der Waals surface area contributed by atoms with Crippen molar-refractivity contribution in [1.29, 1.82) is 0 Å². The number of H-pyrrole nitrogens is 2. The molecule has 9 rings (SSSR count). The molecule has 330 valence electrons. The quantitative estimate of drug-likeness (QED) is 0.101. The third kappa shape index (κ3) is 8.31. The van der Waals surface area contributed by atoms with Gasteiger partial charge in [0, 0.05) is 43.7 Å². The summed E-state index contributed by atoms with van der Waals surface area (Å²) in [7, 11) is 0. The highest BCUT2D eigenvalue weighted by molar-refractivity contribution is 6.13. The topological polar surface area (TPSA) is 94.3 Å². The van der Waals surface area contributed by atoms with E-state index in [1.54, 1.807) is 0 Å². The Bertz CT molecular complexity index is 2800. The first-order valence-electron chi connectivity index (χ1n) is 23.6. The van der Waals surface area contributed by atoms with Gasteiger partial charge in [0.2, 0.25) is 0 Å². The van der Waals surface area contributed by atoms with Crippen LogP contribution in [0.2, 0.25) is 0 Å². The molecule has 8 nitrogen and oxygen atoms in total. The molecule has 4 aromatic carbocycles. The minimum atomic E-state index is 0.406. The van der Waals surface area contributed by atoms with Crippen molar-refractivity contribution in [2.75, 3.05) is 26.4 Å². The van der Waals surface area contributed by atoms with Crippen molar-refractivity contribution in [3.05, 3.63) is 97.1 Å². The van der Waals surface area contributed by atoms with Gasteiger partial charge >= 0.3 is 0 Å². The normalized spacial score (nSPS) is 13.9. The number of nitrogens with zero attached hydrogens (tertiary/aromatic N) is 2. The van der Waals surface area contributed by atoms with Gasteiger partial charge < -0.3 is 28.9 Å². The lowest BCUT2D eigenvalue weighted by Gasteiger charge is -2.14. The molecule has 0 saturated heterocycles.